The van der Waals surface area contributed by atoms with E-state index in [0.29, 0.717) is 11.4 Å². The molecule has 0 fully saturated rings. The lowest BCUT2D eigenvalue weighted by molar-refractivity contribution is 0.470. The molecule has 2 aromatic carbocycles. The molecule has 0 bridgehead atoms. The Morgan fingerprint density at radius 1 is 1.00 bits per heavy atom. The molecule has 0 saturated heterocycles. The van der Waals surface area contributed by atoms with Crippen LogP contribution < -0.4 is 5.32 Å². The second-order valence-electron chi connectivity index (χ2n) is 3.90. The molecular weight excluding hydrogens is 228 g/mol. The number of para-hydroxylation sites is 1. The third kappa shape index (κ3) is 1.57. The Kier molecular flexibility index (Phi) is 2.37. The number of rotatable bonds is 2. The molecule has 1 aromatic heterocycles. The molecule has 0 unspecified atom stereocenters. The predicted octanol–water partition coefficient (Wildman–Crippen LogP) is 2.17. The van der Waals surface area contributed by atoms with Crippen LogP contribution in [0.15, 0.2) is 42.5 Å². The zero-order chi connectivity index (χ0) is 12.5. The van der Waals surface area contributed by atoms with E-state index in [0.717, 1.165) is 11.0 Å². The molecule has 0 spiro atoms. The molecule has 0 radical (unpaired) electrons. The van der Waals surface area contributed by atoms with Gasteiger partial charge in [-0.25, -0.2) is 0 Å². The molecule has 5 nitrogen and oxygen atoms in total. The van der Waals surface area contributed by atoms with E-state index in [-0.39, 0.29) is 5.75 Å². The van der Waals surface area contributed by atoms with Gasteiger partial charge in [-0.3, -0.25) is 0 Å². The van der Waals surface area contributed by atoms with Gasteiger partial charge in [0.15, 0.2) is 5.75 Å². The lowest BCUT2D eigenvalue weighted by Gasteiger charge is -2.07. The van der Waals surface area contributed by atoms with Gasteiger partial charge in [0, 0.05) is 7.05 Å². The fraction of sp³-hybridized carbons (Fsp3) is 0.0769. The van der Waals surface area contributed by atoms with Crippen molar-refractivity contribution in [3.8, 4) is 11.4 Å². The fourth-order valence-corrected chi connectivity index (χ4v) is 1.86. The number of nitrogens with one attached hydrogen (secondary N) is 1. The molecule has 18 heavy (non-hydrogen) atoms. The summed E-state index contributed by atoms with van der Waals surface area (Å²) < 4.78 is 0. The number of aromatic hydroxyl groups is 1. The first kappa shape index (κ1) is 10.6. The zero-order valence-corrected chi connectivity index (χ0v) is 9.83. The Morgan fingerprint density at radius 3 is 2.28 bits per heavy atom. The smallest absolute Gasteiger partial charge is 0.166 e. The van der Waals surface area contributed by atoms with Crippen LogP contribution in [-0.2, 0) is 0 Å². The summed E-state index contributed by atoms with van der Waals surface area (Å²) in [5, 5.41) is 21.7. The van der Waals surface area contributed by atoms with Crippen molar-refractivity contribution >= 4 is 16.7 Å². The number of hydrogen-bond donors (Lipinski definition) is 2. The van der Waals surface area contributed by atoms with Gasteiger partial charge in [-0.1, -0.05) is 18.2 Å². The van der Waals surface area contributed by atoms with Crippen LogP contribution in [0, 0.1) is 0 Å². The lowest BCUT2D eigenvalue weighted by atomic mass is 10.2. The Morgan fingerprint density at radius 2 is 1.67 bits per heavy atom. The average Bonchev–Trinajstić information content (AvgIpc) is 2.82. The van der Waals surface area contributed by atoms with E-state index < -0.39 is 0 Å². The molecule has 2 N–H and O–H groups in total. The normalized spacial score (nSPS) is 10.7. The minimum atomic E-state index is 0.139. The summed E-state index contributed by atoms with van der Waals surface area (Å²) in [5.74, 6) is 0.139. The van der Waals surface area contributed by atoms with Gasteiger partial charge in [0.2, 0.25) is 0 Å². The summed E-state index contributed by atoms with van der Waals surface area (Å²) in [6, 6.07) is 13.0. The first-order valence-electron chi connectivity index (χ1n) is 5.62. The van der Waals surface area contributed by atoms with Crippen molar-refractivity contribution in [3.05, 3.63) is 42.5 Å². The van der Waals surface area contributed by atoms with Crippen molar-refractivity contribution in [2.75, 3.05) is 12.4 Å². The highest BCUT2D eigenvalue weighted by molar-refractivity contribution is 5.74. The number of phenolic OH excluding ortho intramolecular Hbond substituents is 1. The van der Waals surface area contributed by atoms with E-state index in [9.17, 15) is 5.11 Å². The van der Waals surface area contributed by atoms with Crippen molar-refractivity contribution in [1.82, 2.24) is 15.0 Å². The summed E-state index contributed by atoms with van der Waals surface area (Å²) in [6.45, 7) is 0. The number of anilines is 1. The van der Waals surface area contributed by atoms with Gasteiger partial charge in [-0.15, -0.1) is 15.0 Å². The number of benzene rings is 2. The zero-order valence-electron chi connectivity index (χ0n) is 9.83. The molecule has 0 atom stereocenters. The largest absolute Gasteiger partial charge is 0.504 e. The van der Waals surface area contributed by atoms with Gasteiger partial charge in [0.1, 0.15) is 16.7 Å². The van der Waals surface area contributed by atoms with Crippen LogP contribution in [0.5, 0.6) is 5.75 Å². The molecule has 0 saturated carbocycles. The van der Waals surface area contributed by atoms with Crippen LogP contribution in [-0.4, -0.2) is 27.1 Å². The highest BCUT2D eigenvalue weighted by atomic mass is 16.3. The minimum absolute atomic E-state index is 0.139. The highest BCUT2D eigenvalue weighted by Gasteiger charge is 2.10. The van der Waals surface area contributed by atoms with E-state index in [1.807, 2.05) is 30.3 Å². The molecule has 90 valence electrons. The Labute approximate surface area is 104 Å². The summed E-state index contributed by atoms with van der Waals surface area (Å²) in [7, 11) is 1.76. The maximum atomic E-state index is 10.1. The maximum Gasteiger partial charge on any atom is 0.166 e. The Bertz CT molecular complexity index is 672. The third-order valence-electron chi connectivity index (χ3n) is 2.79. The molecular formula is C13H12N4O. The van der Waals surface area contributed by atoms with E-state index in [2.05, 4.69) is 15.5 Å². The van der Waals surface area contributed by atoms with E-state index in [4.69, 9.17) is 0 Å². The fourth-order valence-electron chi connectivity index (χ4n) is 1.86. The number of fused-ring (bicyclic) bond motifs is 1. The molecule has 5 heteroatoms. The number of phenols is 1. The summed E-state index contributed by atoms with van der Waals surface area (Å²) in [5.41, 5.74) is 2.80. The molecule has 0 aliphatic rings. The summed E-state index contributed by atoms with van der Waals surface area (Å²) in [4.78, 5) is 1.45. The SMILES string of the molecule is CNc1cccc(-n2nc3ccccc3n2)c1O. The molecule has 0 amide bonds. The predicted molar refractivity (Wildman–Crippen MR) is 70.1 cm³/mol. The third-order valence-corrected chi connectivity index (χ3v) is 2.79. The van der Waals surface area contributed by atoms with Gasteiger partial charge in [-0.2, -0.15) is 0 Å². The minimum Gasteiger partial charge on any atom is -0.504 e. The van der Waals surface area contributed by atoms with Crippen LogP contribution in [0.2, 0.25) is 0 Å². The van der Waals surface area contributed by atoms with Gasteiger partial charge in [-0.05, 0) is 24.3 Å². The lowest BCUT2D eigenvalue weighted by Crippen LogP contribution is -2.00. The summed E-state index contributed by atoms with van der Waals surface area (Å²) >= 11 is 0. The highest BCUT2D eigenvalue weighted by Crippen LogP contribution is 2.29. The van der Waals surface area contributed by atoms with Crippen molar-refractivity contribution in [1.29, 1.82) is 0 Å². The first-order chi connectivity index (χ1) is 8.79. The molecule has 1 heterocycles. The number of aromatic nitrogens is 3. The average molecular weight is 240 g/mol. The monoisotopic (exact) mass is 240 g/mol. The van der Waals surface area contributed by atoms with E-state index in [1.165, 1.54) is 4.80 Å². The van der Waals surface area contributed by atoms with Gasteiger partial charge < -0.3 is 10.4 Å². The van der Waals surface area contributed by atoms with Crippen molar-refractivity contribution in [3.63, 3.8) is 0 Å². The quantitative estimate of drug-likeness (QED) is 0.674. The standard InChI is InChI=1S/C13H12N4O/c1-14-11-7-4-8-12(13(11)18)17-15-9-5-2-3-6-10(9)16-17/h2-8,14,18H,1H3. The van der Waals surface area contributed by atoms with Gasteiger partial charge in [0.25, 0.3) is 0 Å². The second-order valence-corrected chi connectivity index (χ2v) is 3.90. The second kappa shape index (κ2) is 4.03. The summed E-state index contributed by atoms with van der Waals surface area (Å²) in [6.07, 6.45) is 0. The number of hydrogen-bond acceptors (Lipinski definition) is 4. The van der Waals surface area contributed by atoms with Crippen LogP contribution in [0.4, 0.5) is 5.69 Å². The maximum absolute atomic E-state index is 10.1. The number of nitrogens with zero attached hydrogens (tertiary/aromatic N) is 3. The van der Waals surface area contributed by atoms with Gasteiger partial charge in [0.05, 0.1) is 5.69 Å². The Hall–Kier alpha value is -2.56. The molecule has 0 aliphatic carbocycles. The van der Waals surface area contributed by atoms with Crippen molar-refractivity contribution in [2.45, 2.75) is 0 Å². The van der Waals surface area contributed by atoms with E-state index >= 15 is 0 Å². The topological polar surface area (TPSA) is 63.0 Å². The van der Waals surface area contributed by atoms with Crippen LogP contribution in [0.3, 0.4) is 0 Å². The van der Waals surface area contributed by atoms with E-state index in [1.54, 1.807) is 19.2 Å². The molecule has 0 aliphatic heterocycles. The van der Waals surface area contributed by atoms with Crippen LogP contribution >= 0.6 is 0 Å². The van der Waals surface area contributed by atoms with Crippen molar-refractivity contribution in [2.24, 2.45) is 0 Å². The molecule has 3 rings (SSSR count). The van der Waals surface area contributed by atoms with Crippen LogP contribution in [0.1, 0.15) is 0 Å². The van der Waals surface area contributed by atoms with Crippen LogP contribution in [0.25, 0.3) is 16.7 Å². The van der Waals surface area contributed by atoms with Crippen molar-refractivity contribution < 1.29 is 5.11 Å². The molecule has 3 aromatic rings. The first-order valence-corrected chi connectivity index (χ1v) is 5.62. The van der Waals surface area contributed by atoms with Gasteiger partial charge >= 0.3 is 0 Å². The Balaban J connectivity index is 2.20.